The molecule has 0 aliphatic heterocycles. The van der Waals surface area contributed by atoms with Gasteiger partial charge < -0.3 is 5.32 Å². The number of carbonyl (C=O) groups excluding carboxylic acids is 1. The van der Waals surface area contributed by atoms with Crippen LogP contribution < -0.4 is 5.32 Å². The van der Waals surface area contributed by atoms with E-state index in [1.165, 1.54) is 13.1 Å². The molecule has 7 heteroatoms. The Morgan fingerprint density at radius 3 is 2.58 bits per heavy atom. The highest BCUT2D eigenvalue weighted by Crippen LogP contribution is 2.23. The monoisotopic (exact) mass is 348 g/mol. The van der Waals surface area contributed by atoms with Gasteiger partial charge >= 0.3 is 0 Å². The number of sulfonamides is 1. The topological polar surface area (TPSA) is 66.5 Å². The van der Waals surface area contributed by atoms with Crippen LogP contribution in [-0.2, 0) is 14.8 Å². The van der Waals surface area contributed by atoms with E-state index in [2.05, 4.69) is 21.2 Å². The fourth-order valence-corrected chi connectivity index (χ4v) is 3.52. The molecule has 1 amide bonds. The number of benzene rings is 1. The van der Waals surface area contributed by atoms with Gasteiger partial charge in [0.05, 0.1) is 11.4 Å². The summed E-state index contributed by atoms with van der Waals surface area (Å²) >= 11 is 3.20. The molecule has 0 radical (unpaired) electrons. The number of rotatable bonds is 6. The maximum Gasteiger partial charge on any atom is 0.244 e. The SMILES string of the molecule is CCCNC(=O)CN(C)S(=O)(=O)c1ccccc1Br. The van der Waals surface area contributed by atoms with Gasteiger partial charge in [0.1, 0.15) is 0 Å². The minimum atomic E-state index is -3.66. The molecular weight excluding hydrogens is 332 g/mol. The minimum absolute atomic E-state index is 0.154. The predicted octanol–water partition coefficient (Wildman–Crippen LogP) is 1.60. The molecule has 0 heterocycles. The Balaban J connectivity index is 2.84. The van der Waals surface area contributed by atoms with Crippen molar-refractivity contribution in [3.63, 3.8) is 0 Å². The quantitative estimate of drug-likeness (QED) is 0.848. The van der Waals surface area contributed by atoms with Gasteiger partial charge in [-0.1, -0.05) is 19.1 Å². The second kappa shape index (κ2) is 7.02. The van der Waals surface area contributed by atoms with Gasteiger partial charge in [-0.25, -0.2) is 8.42 Å². The van der Waals surface area contributed by atoms with Crippen molar-refractivity contribution in [3.05, 3.63) is 28.7 Å². The number of nitrogens with zero attached hydrogens (tertiary/aromatic N) is 1. The zero-order valence-corrected chi connectivity index (χ0v) is 13.3. The Bertz CT molecular complexity index is 546. The van der Waals surface area contributed by atoms with Gasteiger partial charge in [-0.05, 0) is 34.5 Å². The fraction of sp³-hybridized carbons (Fsp3) is 0.417. The summed E-state index contributed by atoms with van der Waals surface area (Å²) in [5, 5.41) is 2.64. The summed E-state index contributed by atoms with van der Waals surface area (Å²) in [4.78, 5) is 11.7. The van der Waals surface area contributed by atoms with Crippen molar-refractivity contribution in [3.8, 4) is 0 Å². The third-order valence-corrected chi connectivity index (χ3v) is 5.28. The smallest absolute Gasteiger partial charge is 0.244 e. The first kappa shape index (κ1) is 16.1. The molecule has 0 bridgehead atoms. The van der Waals surface area contributed by atoms with Gasteiger partial charge in [-0.15, -0.1) is 0 Å². The zero-order valence-electron chi connectivity index (χ0n) is 10.9. The van der Waals surface area contributed by atoms with E-state index in [1.807, 2.05) is 6.92 Å². The van der Waals surface area contributed by atoms with Crippen molar-refractivity contribution in [2.75, 3.05) is 20.1 Å². The van der Waals surface area contributed by atoms with E-state index in [0.717, 1.165) is 10.7 Å². The van der Waals surface area contributed by atoms with Crippen LogP contribution in [0, 0.1) is 0 Å². The number of carbonyl (C=O) groups is 1. The highest BCUT2D eigenvalue weighted by Gasteiger charge is 2.24. The van der Waals surface area contributed by atoms with Crippen molar-refractivity contribution in [1.29, 1.82) is 0 Å². The van der Waals surface area contributed by atoms with Crippen LogP contribution in [0.4, 0.5) is 0 Å². The van der Waals surface area contributed by atoms with Crippen molar-refractivity contribution in [2.24, 2.45) is 0 Å². The number of likely N-dealkylation sites (N-methyl/N-ethyl adjacent to an activating group) is 1. The van der Waals surface area contributed by atoms with E-state index in [4.69, 9.17) is 0 Å². The van der Waals surface area contributed by atoms with Gasteiger partial charge in [0.25, 0.3) is 0 Å². The summed E-state index contributed by atoms with van der Waals surface area (Å²) in [5.74, 6) is -0.306. The Morgan fingerprint density at radius 1 is 1.37 bits per heavy atom. The number of amides is 1. The van der Waals surface area contributed by atoms with E-state index in [1.54, 1.807) is 18.2 Å². The molecule has 106 valence electrons. The third kappa shape index (κ3) is 4.29. The Hall–Kier alpha value is -0.920. The van der Waals surface area contributed by atoms with Gasteiger partial charge in [0.2, 0.25) is 15.9 Å². The molecule has 19 heavy (non-hydrogen) atoms. The lowest BCUT2D eigenvalue weighted by Gasteiger charge is -2.17. The van der Waals surface area contributed by atoms with Crippen LogP contribution in [0.1, 0.15) is 13.3 Å². The molecule has 5 nitrogen and oxygen atoms in total. The van der Waals surface area contributed by atoms with Crippen molar-refractivity contribution >= 4 is 31.9 Å². The molecule has 0 fully saturated rings. The highest BCUT2D eigenvalue weighted by molar-refractivity contribution is 9.10. The standard InChI is InChI=1S/C12H17BrN2O3S/c1-3-8-14-12(16)9-15(2)19(17,18)11-7-5-4-6-10(11)13/h4-7H,3,8-9H2,1-2H3,(H,14,16). The average molecular weight is 349 g/mol. The maximum absolute atomic E-state index is 12.3. The Morgan fingerprint density at radius 2 is 2.00 bits per heavy atom. The first-order chi connectivity index (χ1) is 8.89. The van der Waals surface area contributed by atoms with Crippen LogP contribution in [0.3, 0.4) is 0 Å². The highest BCUT2D eigenvalue weighted by atomic mass is 79.9. The van der Waals surface area contributed by atoms with Crippen LogP contribution in [0.15, 0.2) is 33.6 Å². The van der Waals surface area contributed by atoms with E-state index in [-0.39, 0.29) is 17.3 Å². The molecule has 0 aliphatic rings. The lowest BCUT2D eigenvalue weighted by molar-refractivity contribution is -0.121. The van der Waals surface area contributed by atoms with Crippen LogP contribution in [0.5, 0.6) is 0 Å². The van der Waals surface area contributed by atoms with Gasteiger partial charge in [-0.3, -0.25) is 4.79 Å². The molecule has 0 unspecified atom stereocenters. The van der Waals surface area contributed by atoms with E-state index in [9.17, 15) is 13.2 Å². The Kier molecular flexibility index (Phi) is 5.96. The molecule has 0 saturated carbocycles. The number of hydrogen-bond acceptors (Lipinski definition) is 3. The summed E-state index contributed by atoms with van der Waals surface area (Å²) in [6, 6.07) is 6.53. The summed E-state index contributed by atoms with van der Waals surface area (Å²) in [7, 11) is -2.27. The second-order valence-electron chi connectivity index (χ2n) is 4.04. The summed E-state index contributed by atoms with van der Waals surface area (Å²) in [6.45, 7) is 2.28. The molecule has 1 aromatic rings. The molecule has 0 spiro atoms. The molecule has 1 aromatic carbocycles. The van der Waals surface area contributed by atoms with Crippen LogP contribution in [0.25, 0.3) is 0 Å². The maximum atomic E-state index is 12.3. The second-order valence-corrected chi connectivity index (χ2v) is 6.91. The third-order valence-electron chi connectivity index (χ3n) is 2.46. The predicted molar refractivity (Wildman–Crippen MR) is 77.3 cm³/mol. The molecule has 0 atom stereocenters. The minimum Gasteiger partial charge on any atom is -0.355 e. The van der Waals surface area contributed by atoms with E-state index < -0.39 is 10.0 Å². The van der Waals surface area contributed by atoms with E-state index >= 15 is 0 Å². The van der Waals surface area contributed by atoms with Gasteiger partial charge in [0.15, 0.2) is 0 Å². The summed E-state index contributed by atoms with van der Waals surface area (Å²) < 4.78 is 26.1. The Labute approximate surface area is 122 Å². The van der Waals surface area contributed by atoms with Crippen molar-refractivity contribution in [1.82, 2.24) is 9.62 Å². The van der Waals surface area contributed by atoms with Crippen LogP contribution in [-0.4, -0.2) is 38.8 Å². The zero-order chi connectivity index (χ0) is 14.5. The largest absolute Gasteiger partial charge is 0.355 e. The lowest BCUT2D eigenvalue weighted by Crippen LogP contribution is -2.38. The van der Waals surface area contributed by atoms with Crippen molar-refractivity contribution < 1.29 is 13.2 Å². The molecular formula is C12H17BrN2O3S. The average Bonchev–Trinajstić information content (AvgIpc) is 2.36. The number of halogens is 1. The molecule has 0 aliphatic carbocycles. The molecule has 1 rings (SSSR count). The first-order valence-electron chi connectivity index (χ1n) is 5.87. The summed E-state index contributed by atoms with van der Waals surface area (Å²) in [5.41, 5.74) is 0. The summed E-state index contributed by atoms with van der Waals surface area (Å²) in [6.07, 6.45) is 0.812. The number of hydrogen-bond donors (Lipinski definition) is 1. The first-order valence-corrected chi connectivity index (χ1v) is 8.10. The van der Waals surface area contributed by atoms with Crippen LogP contribution in [0.2, 0.25) is 0 Å². The van der Waals surface area contributed by atoms with Gasteiger partial charge in [0, 0.05) is 18.1 Å². The fourth-order valence-electron chi connectivity index (χ4n) is 1.43. The number of nitrogens with one attached hydrogen (secondary N) is 1. The van der Waals surface area contributed by atoms with Crippen LogP contribution >= 0.6 is 15.9 Å². The van der Waals surface area contributed by atoms with Gasteiger partial charge in [-0.2, -0.15) is 4.31 Å². The van der Waals surface area contributed by atoms with Crippen molar-refractivity contribution in [2.45, 2.75) is 18.2 Å². The lowest BCUT2D eigenvalue weighted by atomic mass is 10.4. The normalized spacial score (nSPS) is 11.6. The van der Waals surface area contributed by atoms with E-state index in [0.29, 0.717) is 11.0 Å². The molecule has 0 saturated heterocycles. The molecule has 1 N–H and O–H groups in total. The molecule has 0 aromatic heterocycles.